The number of rotatable bonds is 5. The molecule has 1 aliphatic heterocycles. The van der Waals surface area contributed by atoms with Crippen LogP contribution in [0.2, 0.25) is 0 Å². The number of pyridine rings is 1. The molecule has 1 aliphatic carbocycles. The minimum atomic E-state index is -3.06. The number of anilines is 1. The zero-order valence-electron chi connectivity index (χ0n) is 17.8. The lowest BCUT2D eigenvalue weighted by Crippen LogP contribution is -2.15. The van der Waals surface area contributed by atoms with Gasteiger partial charge in [-0.3, -0.25) is 4.79 Å². The lowest BCUT2D eigenvalue weighted by Gasteiger charge is -2.12. The van der Waals surface area contributed by atoms with Gasteiger partial charge in [0.25, 0.3) is 5.91 Å². The number of aryl methyl sites for hydroxylation is 2. The summed E-state index contributed by atoms with van der Waals surface area (Å²) in [5, 5.41) is 8.35. The van der Waals surface area contributed by atoms with E-state index >= 15 is 0 Å². The van der Waals surface area contributed by atoms with E-state index in [-0.39, 0.29) is 23.5 Å². The van der Waals surface area contributed by atoms with Crippen molar-refractivity contribution in [3.8, 4) is 0 Å². The van der Waals surface area contributed by atoms with Gasteiger partial charge >= 0.3 is 0 Å². The first-order valence-electron chi connectivity index (χ1n) is 10.8. The third-order valence-electron chi connectivity index (χ3n) is 6.27. The van der Waals surface area contributed by atoms with Crippen LogP contribution < -0.4 is 5.32 Å². The molecular formula is C23H26N4O3S. The molecule has 1 aromatic carbocycles. The zero-order valence-corrected chi connectivity index (χ0v) is 18.6. The second-order valence-corrected chi connectivity index (χ2v) is 10.9. The van der Waals surface area contributed by atoms with Gasteiger partial charge in [0.05, 0.1) is 34.2 Å². The van der Waals surface area contributed by atoms with E-state index in [1.807, 2.05) is 37.3 Å². The van der Waals surface area contributed by atoms with Crippen molar-refractivity contribution in [2.24, 2.45) is 0 Å². The molecule has 5 rings (SSSR count). The zero-order chi connectivity index (χ0) is 21.8. The monoisotopic (exact) mass is 438 g/mol. The van der Waals surface area contributed by atoms with Gasteiger partial charge in [-0.05, 0) is 56.4 Å². The molecule has 31 heavy (non-hydrogen) atoms. The van der Waals surface area contributed by atoms with E-state index in [1.54, 1.807) is 4.68 Å². The molecule has 0 radical (unpaired) electrons. The van der Waals surface area contributed by atoms with Gasteiger partial charge in [-0.1, -0.05) is 19.1 Å². The minimum Gasteiger partial charge on any atom is -0.322 e. The van der Waals surface area contributed by atoms with E-state index in [0.29, 0.717) is 34.6 Å². The van der Waals surface area contributed by atoms with Crippen molar-refractivity contribution < 1.29 is 13.2 Å². The highest BCUT2D eigenvalue weighted by molar-refractivity contribution is 7.91. The molecule has 3 aromatic rings. The molecule has 2 aromatic heterocycles. The third-order valence-corrected chi connectivity index (χ3v) is 8.02. The molecular weight excluding hydrogens is 412 g/mol. The van der Waals surface area contributed by atoms with Crippen molar-refractivity contribution in [2.75, 3.05) is 16.8 Å². The molecule has 0 spiro atoms. The number of carbonyl (C=O) groups excluding carboxylic acids is 1. The Morgan fingerprint density at radius 2 is 1.94 bits per heavy atom. The normalized spacial score (nSPS) is 20.3. The molecule has 1 atom stereocenters. The van der Waals surface area contributed by atoms with Crippen LogP contribution in [0.4, 0.5) is 5.69 Å². The first-order chi connectivity index (χ1) is 14.8. The Hall–Kier alpha value is -2.74. The highest BCUT2D eigenvalue weighted by Crippen LogP contribution is 2.41. The topological polar surface area (TPSA) is 93.9 Å². The van der Waals surface area contributed by atoms with Gasteiger partial charge in [-0.15, -0.1) is 0 Å². The van der Waals surface area contributed by atoms with Crippen molar-refractivity contribution in [3.05, 3.63) is 52.8 Å². The quantitative estimate of drug-likeness (QED) is 0.654. The fourth-order valence-electron chi connectivity index (χ4n) is 4.34. The van der Waals surface area contributed by atoms with E-state index in [1.165, 1.54) is 5.56 Å². The molecule has 0 unspecified atom stereocenters. The highest BCUT2D eigenvalue weighted by atomic mass is 32.2. The smallest absolute Gasteiger partial charge is 0.256 e. The van der Waals surface area contributed by atoms with Crippen LogP contribution >= 0.6 is 0 Å². The number of carbonyl (C=O) groups is 1. The van der Waals surface area contributed by atoms with Crippen molar-refractivity contribution >= 4 is 32.5 Å². The van der Waals surface area contributed by atoms with Gasteiger partial charge < -0.3 is 5.32 Å². The Kier molecular flexibility index (Phi) is 4.84. The summed E-state index contributed by atoms with van der Waals surface area (Å²) in [5.74, 6) is 0.404. The molecule has 2 aliphatic rings. The Bertz CT molecular complexity index is 1270. The fraction of sp³-hybridized carbons (Fsp3) is 0.435. The number of nitrogens with zero attached hydrogens (tertiary/aromatic N) is 3. The van der Waals surface area contributed by atoms with Crippen LogP contribution in [0.1, 0.15) is 65.5 Å². The van der Waals surface area contributed by atoms with Gasteiger partial charge in [-0.2, -0.15) is 5.10 Å². The van der Waals surface area contributed by atoms with Crippen molar-refractivity contribution in [2.45, 2.75) is 51.5 Å². The fourth-order valence-corrected chi connectivity index (χ4v) is 6.04. The van der Waals surface area contributed by atoms with Gasteiger partial charge in [-0.25, -0.2) is 18.1 Å². The average Bonchev–Trinajstić information content (AvgIpc) is 3.47. The van der Waals surface area contributed by atoms with Crippen LogP contribution in [0.25, 0.3) is 11.0 Å². The maximum absolute atomic E-state index is 13.3. The van der Waals surface area contributed by atoms with E-state index in [9.17, 15) is 13.2 Å². The second kappa shape index (κ2) is 7.44. The molecule has 0 bridgehead atoms. The predicted molar refractivity (Wildman–Crippen MR) is 120 cm³/mol. The van der Waals surface area contributed by atoms with Crippen LogP contribution in [-0.4, -0.2) is 40.6 Å². The maximum atomic E-state index is 13.3. The number of hydrogen-bond donors (Lipinski definition) is 1. The molecule has 7 nitrogen and oxygen atoms in total. The minimum absolute atomic E-state index is 0.0733. The number of fused-ring (bicyclic) bond motifs is 1. The summed E-state index contributed by atoms with van der Waals surface area (Å²) in [6.45, 7) is 3.95. The van der Waals surface area contributed by atoms with Gasteiger partial charge in [0, 0.05) is 17.3 Å². The van der Waals surface area contributed by atoms with Gasteiger partial charge in [0.15, 0.2) is 15.5 Å². The van der Waals surface area contributed by atoms with Crippen molar-refractivity contribution in [1.82, 2.24) is 14.8 Å². The van der Waals surface area contributed by atoms with E-state index in [2.05, 4.69) is 17.3 Å². The first-order valence-corrected chi connectivity index (χ1v) is 12.7. The largest absolute Gasteiger partial charge is 0.322 e. The Morgan fingerprint density at radius 1 is 1.19 bits per heavy atom. The number of nitrogens with one attached hydrogen (secondary N) is 1. The summed E-state index contributed by atoms with van der Waals surface area (Å²) in [6, 6.07) is 9.50. The average molecular weight is 439 g/mol. The third kappa shape index (κ3) is 3.84. The number of hydrogen-bond acceptors (Lipinski definition) is 5. The molecule has 1 saturated heterocycles. The van der Waals surface area contributed by atoms with Gasteiger partial charge in [0.2, 0.25) is 0 Å². The lowest BCUT2D eigenvalue weighted by atomic mass is 10.1. The van der Waals surface area contributed by atoms with Crippen LogP contribution in [0.5, 0.6) is 0 Å². The summed E-state index contributed by atoms with van der Waals surface area (Å²) in [7, 11) is -3.06. The maximum Gasteiger partial charge on any atom is 0.256 e. The first kappa shape index (κ1) is 20.2. The standard InChI is InChI=1S/C23H26N4O3S/c1-3-15-4-8-17(9-5-15)24-23(28)19-12-20(16-6-7-16)25-22-21(19)14(2)26-27(22)18-10-11-31(29,30)13-18/h4-5,8-9,12,16,18H,3,6-7,10-11,13H2,1-2H3,(H,24,28)/t18-/m1/s1. The molecule has 8 heteroatoms. The number of aromatic nitrogens is 3. The summed E-state index contributed by atoms with van der Waals surface area (Å²) in [6.07, 6.45) is 3.59. The highest BCUT2D eigenvalue weighted by Gasteiger charge is 2.34. The number of sulfone groups is 1. The second-order valence-electron chi connectivity index (χ2n) is 8.66. The Labute approximate surface area is 181 Å². The van der Waals surface area contributed by atoms with Gasteiger partial charge in [0.1, 0.15) is 0 Å². The van der Waals surface area contributed by atoms with Crippen molar-refractivity contribution in [3.63, 3.8) is 0 Å². The van der Waals surface area contributed by atoms with E-state index in [4.69, 9.17) is 4.98 Å². The number of amides is 1. The molecule has 1 amide bonds. The Morgan fingerprint density at radius 3 is 2.55 bits per heavy atom. The van der Waals surface area contributed by atoms with E-state index in [0.717, 1.165) is 30.6 Å². The molecule has 1 N–H and O–H groups in total. The van der Waals surface area contributed by atoms with Crippen molar-refractivity contribution in [1.29, 1.82) is 0 Å². The molecule has 162 valence electrons. The molecule has 3 heterocycles. The molecule has 1 saturated carbocycles. The molecule has 2 fully saturated rings. The summed E-state index contributed by atoms with van der Waals surface area (Å²) in [4.78, 5) is 18.1. The van der Waals surface area contributed by atoms with Crippen LogP contribution in [-0.2, 0) is 16.3 Å². The SMILES string of the molecule is CCc1ccc(NC(=O)c2cc(C3CC3)nc3c2c(C)nn3[C@@H]2CCS(=O)(=O)C2)cc1. The van der Waals surface area contributed by atoms with E-state index < -0.39 is 9.84 Å². The summed E-state index contributed by atoms with van der Waals surface area (Å²) >= 11 is 0. The summed E-state index contributed by atoms with van der Waals surface area (Å²) in [5.41, 5.74) is 4.71. The predicted octanol–water partition coefficient (Wildman–Crippen LogP) is 3.79. The van der Waals surface area contributed by atoms with Crippen LogP contribution in [0, 0.1) is 6.92 Å². The number of benzene rings is 1. The lowest BCUT2D eigenvalue weighted by molar-refractivity contribution is 0.102. The van der Waals surface area contributed by atoms with Crippen LogP contribution in [0.3, 0.4) is 0 Å². The van der Waals surface area contributed by atoms with Crippen LogP contribution in [0.15, 0.2) is 30.3 Å². The summed E-state index contributed by atoms with van der Waals surface area (Å²) < 4.78 is 25.8. The Balaban J connectivity index is 1.57.